The summed E-state index contributed by atoms with van der Waals surface area (Å²) in [6, 6.07) is 5.47. The highest BCUT2D eigenvalue weighted by Gasteiger charge is 2.49. The number of allylic oxidation sites excluding steroid dienone is 6. The summed E-state index contributed by atoms with van der Waals surface area (Å²) in [5.41, 5.74) is 0.0842. The summed E-state index contributed by atoms with van der Waals surface area (Å²) in [7, 11) is 0. The average molecular weight is 576 g/mol. The van der Waals surface area contributed by atoms with E-state index < -0.39 is 29.3 Å². The first-order chi connectivity index (χ1) is 19.3. The highest BCUT2D eigenvalue weighted by molar-refractivity contribution is 6.09. The van der Waals surface area contributed by atoms with Gasteiger partial charge in [-0.05, 0) is 93.6 Å². The zero-order valence-electron chi connectivity index (χ0n) is 23.9. The summed E-state index contributed by atoms with van der Waals surface area (Å²) < 4.78 is 65.7. The second-order valence-electron chi connectivity index (χ2n) is 10.6. The molecule has 2 unspecified atom stereocenters. The Hall–Kier alpha value is -3.33. The SMILES string of the molecule is C=C(F)/C=C\C(=C)C1(c2ccc(F)cc2)N=C(C)N(CCCN2CCC(C(/C=C\C(C)C(F)(F)F)=C/C)CC2)C1=O. The molecule has 0 aliphatic carbocycles. The van der Waals surface area contributed by atoms with Crippen molar-refractivity contribution in [1.29, 1.82) is 0 Å². The Morgan fingerprint density at radius 2 is 1.76 bits per heavy atom. The molecule has 1 fully saturated rings. The van der Waals surface area contributed by atoms with Crippen molar-refractivity contribution in [2.45, 2.75) is 51.7 Å². The van der Waals surface area contributed by atoms with Gasteiger partial charge in [-0.3, -0.25) is 9.69 Å². The van der Waals surface area contributed by atoms with Crippen LogP contribution in [0.2, 0.25) is 0 Å². The van der Waals surface area contributed by atoms with Gasteiger partial charge in [0.1, 0.15) is 17.5 Å². The van der Waals surface area contributed by atoms with Crippen LogP contribution < -0.4 is 0 Å². The number of alkyl halides is 3. The number of hydrogen-bond donors (Lipinski definition) is 0. The first kappa shape index (κ1) is 32.2. The van der Waals surface area contributed by atoms with Crippen molar-refractivity contribution in [3.63, 3.8) is 0 Å². The lowest BCUT2D eigenvalue weighted by molar-refractivity contribution is -0.156. The second kappa shape index (κ2) is 13.6. The highest BCUT2D eigenvalue weighted by Crippen LogP contribution is 2.40. The van der Waals surface area contributed by atoms with E-state index in [1.54, 1.807) is 17.9 Å². The van der Waals surface area contributed by atoms with E-state index in [1.165, 1.54) is 36.4 Å². The predicted molar refractivity (Wildman–Crippen MR) is 153 cm³/mol. The first-order valence-corrected chi connectivity index (χ1v) is 13.8. The second-order valence-corrected chi connectivity index (χ2v) is 10.6. The molecule has 1 saturated heterocycles. The number of benzene rings is 1. The molecule has 0 saturated carbocycles. The lowest BCUT2D eigenvalue weighted by Crippen LogP contribution is -2.43. The van der Waals surface area contributed by atoms with E-state index in [9.17, 15) is 26.7 Å². The Bertz CT molecular complexity index is 1240. The lowest BCUT2D eigenvalue weighted by atomic mass is 9.82. The molecule has 1 aromatic carbocycles. The molecular formula is C32H38F5N3O. The van der Waals surface area contributed by atoms with E-state index in [0.29, 0.717) is 24.4 Å². The van der Waals surface area contributed by atoms with E-state index in [4.69, 9.17) is 0 Å². The number of aliphatic imine (C=N–C) groups is 1. The van der Waals surface area contributed by atoms with E-state index in [2.05, 4.69) is 23.1 Å². The topological polar surface area (TPSA) is 35.9 Å². The minimum atomic E-state index is -4.25. The lowest BCUT2D eigenvalue weighted by Gasteiger charge is -2.33. The van der Waals surface area contributed by atoms with Crippen LogP contribution in [0.5, 0.6) is 0 Å². The number of nitrogens with zero attached hydrogens (tertiary/aromatic N) is 3. The van der Waals surface area contributed by atoms with Crippen molar-refractivity contribution in [3.05, 3.63) is 96.2 Å². The molecule has 1 aromatic rings. The van der Waals surface area contributed by atoms with Crippen LogP contribution in [0, 0.1) is 17.7 Å². The predicted octanol–water partition coefficient (Wildman–Crippen LogP) is 7.68. The van der Waals surface area contributed by atoms with Crippen LogP contribution in [0.3, 0.4) is 0 Å². The zero-order chi connectivity index (χ0) is 30.4. The molecule has 0 N–H and O–H groups in total. The van der Waals surface area contributed by atoms with Crippen molar-refractivity contribution < 1.29 is 26.7 Å². The number of rotatable bonds is 11. The monoisotopic (exact) mass is 575 g/mol. The molecule has 2 aliphatic rings. The Morgan fingerprint density at radius 1 is 1.12 bits per heavy atom. The number of carbonyl (C=O) groups is 1. The number of amides is 1. The summed E-state index contributed by atoms with van der Waals surface area (Å²) >= 11 is 0. The molecule has 1 amide bonds. The standard InChI is InChI=1S/C32H38F5N3O/c1-6-26(11-9-23(3)32(35,36)37)27-16-20-39(21-17-27)18-7-19-40-25(5)38-31(30(40)41,22(2)8-10-24(4)33)28-12-14-29(34)15-13-28/h6,8-15,23,27H,2,4,7,16-21H2,1,3,5H3/b10-8-,11-9-,26-6+. The van der Waals surface area contributed by atoms with Gasteiger partial charge < -0.3 is 4.90 Å². The molecule has 41 heavy (non-hydrogen) atoms. The average Bonchev–Trinajstić information content (AvgIpc) is 3.18. The zero-order valence-corrected chi connectivity index (χ0v) is 23.9. The van der Waals surface area contributed by atoms with Gasteiger partial charge in [-0.25, -0.2) is 13.8 Å². The number of hydrogen-bond acceptors (Lipinski definition) is 3. The number of halogens is 5. The van der Waals surface area contributed by atoms with Crippen LogP contribution in [0.25, 0.3) is 0 Å². The fourth-order valence-electron chi connectivity index (χ4n) is 5.32. The summed E-state index contributed by atoms with van der Waals surface area (Å²) in [6.45, 7) is 14.7. The maximum atomic E-state index is 13.8. The molecule has 2 heterocycles. The molecule has 0 bridgehead atoms. The smallest absolute Gasteiger partial charge is 0.303 e. The van der Waals surface area contributed by atoms with Crippen LogP contribution in [0.4, 0.5) is 22.0 Å². The molecule has 9 heteroatoms. The molecule has 0 radical (unpaired) electrons. The minimum Gasteiger partial charge on any atom is -0.303 e. The fraction of sp³-hybridized carbons (Fsp3) is 0.438. The molecule has 3 rings (SSSR count). The van der Waals surface area contributed by atoms with Crippen LogP contribution >= 0.6 is 0 Å². The highest BCUT2D eigenvalue weighted by atomic mass is 19.4. The summed E-state index contributed by atoms with van der Waals surface area (Å²) in [5.74, 6) is -2.28. The third kappa shape index (κ3) is 7.70. The summed E-state index contributed by atoms with van der Waals surface area (Å²) in [4.78, 5) is 22.4. The van der Waals surface area contributed by atoms with Gasteiger partial charge in [0, 0.05) is 6.54 Å². The van der Waals surface area contributed by atoms with Gasteiger partial charge in [0.2, 0.25) is 0 Å². The molecule has 4 nitrogen and oxygen atoms in total. The number of likely N-dealkylation sites (tertiary alicyclic amines) is 1. The van der Waals surface area contributed by atoms with Crippen molar-refractivity contribution in [1.82, 2.24) is 9.80 Å². The molecule has 222 valence electrons. The quantitative estimate of drug-likeness (QED) is 0.200. The van der Waals surface area contributed by atoms with Gasteiger partial charge in [-0.2, -0.15) is 13.2 Å². The number of carbonyl (C=O) groups excluding carboxylic acids is 1. The maximum absolute atomic E-state index is 13.8. The molecule has 2 aliphatic heterocycles. The third-order valence-electron chi connectivity index (χ3n) is 7.81. The fourth-order valence-corrected chi connectivity index (χ4v) is 5.32. The normalized spacial score (nSPS) is 22.1. The number of amidine groups is 1. The Balaban J connectivity index is 1.62. The van der Waals surface area contributed by atoms with Gasteiger partial charge in [0.05, 0.1) is 5.92 Å². The van der Waals surface area contributed by atoms with E-state index in [-0.39, 0.29) is 17.4 Å². The van der Waals surface area contributed by atoms with Crippen LogP contribution in [-0.4, -0.2) is 53.9 Å². The summed E-state index contributed by atoms with van der Waals surface area (Å²) in [6.07, 6.45) is 5.32. The van der Waals surface area contributed by atoms with Gasteiger partial charge in [-0.1, -0.05) is 56.5 Å². The Morgan fingerprint density at radius 3 is 2.32 bits per heavy atom. The molecular weight excluding hydrogens is 537 g/mol. The van der Waals surface area contributed by atoms with Crippen molar-refractivity contribution in [2.75, 3.05) is 26.2 Å². The largest absolute Gasteiger partial charge is 0.394 e. The molecule has 0 aromatic heterocycles. The van der Waals surface area contributed by atoms with E-state index in [1.807, 2.05) is 13.0 Å². The molecule has 0 spiro atoms. The van der Waals surface area contributed by atoms with E-state index in [0.717, 1.165) is 51.0 Å². The van der Waals surface area contributed by atoms with E-state index >= 15 is 0 Å². The van der Waals surface area contributed by atoms with Gasteiger partial charge in [0.25, 0.3) is 5.91 Å². The van der Waals surface area contributed by atoms with Gasteiger partial charge >= 0.3 is 6.18 Å². The third-order valence-corrected chi connectivity index (χ3v) is 7.81. The first-order valence-electron chi connectivity index (χ1n) is 13.8. The van der Waals surface area contributed by atoms with Crippen molar-refractivity contribution in [3.8, 4) is 0 Å². The number of piperidine rings is 1. The van der Waals surface area contributed by atoms with Gasteiger partial charge in [0.15, 0.2) is 5.54 Å². The van der Waals surface area contributed by atoms with Crippen molar-refractivity contribution >= 4 is 11.7 Å². The maximum Gasteiger partial charge on any atom is 0.394 e. The van der Waals surface area contributed by atoms with Crippen LogP contribution in [0.15, 0.2) is 89.8 Å². The van der Waals surface area contributed by atoms with Gasteiger partial charge in [-0.15, -0.1) is 0 Å². The Kier molecular flexibility index (Phi) is 10.6. The summed E-state index contributed by atoms with van der Waals surface area (Å²) in [5, 5.41) is 0. The molecule has 2 atom stereocenters. The van der Waals surface area contributed by atoms with Crippen molar-refractivity contribution in [2.24, 2.45) is 16.8 Å². The Labute approximate surface area is 239 Å². The van der Waals surface area contributed by atoms with Crippen LogP contribution in [-0.2, 0) is 10.3 Å². The minimum absolute atomic E-state index is 0.207. The van der Waals surface area contributed by atoms with Crippen LogP contribution in [0.1, 0.15) is 45.6 Å².